The molecule has 1 fully saturated rings. The molecule has 2 atom stereocenters. The van der Waals surface area contributed by atoms with Gasteiger partial charge in [0.25, 0.3) is 0 Å². The van der Waals surface area contributed by atoms with Gasteiger partial charge in [-0.2, -0.15) is 0 Å². The lowest BCUT2D eigenvalue weighted by Gasteiger charge is -2.16. The molecule has 1 aliphatic carbocycles. The van der Waals surface area contributed by atoms with E-state index in [0.717, 1.165) is 6.42 Å². The third-order valence-electron chi connectivity index (χ3n) is 3.13. The Morgan fingerprint density at radius 2 is 1.94 bits per heavy atom. The molecule has 16 heavy (non-hydrogen) atoms. The molecule has 94 valence electrons. The van der Waals surface area contributed by atoms with Gasteiger partial charge in [-0.05, 0) is 12.3 Å². The maximum atomic E-state index is 10.5. The topological polar surface area (TPSA) is 95.6 Å². The maximum absolute atomic E-state index is 10.5. The van der Waals surface area contributed by atoms with Crippen molar-refractivity contribution in [1.82, 2.24) is 5.32 Å². The Labute approximate surface area is 96.0 Å². The monoisotopic (exact) mass is 230 g/mol. The van der Waals surface area contributed by atoms with E-state index in [4.69, 9.17) is 10.8 Å². The molecule has 0 heterocycles. The molecule has 5 heteroatoms. The number of primary amides is 1. The molecule has 1 amide bonds. The van der Waals surface area contributed by atoms with Crippen molar-refractivity contribution in [3.63, 3.8) is 0 Å². The lowest BCUT2D eigenvalue weighted by Crippen LogP contribution is -2.40. The van der Waals surface area contributed by atoms with E-state index in [0.29, 0.717) is 12.5 Å². The zero-order chi connectivity index (χ0) is 12.0. The summed E-state index contributed by atoms with van der Waals surface area (Å²) in [5.41, 5.74) is 4.89. The fourth-order valence-corrected chi connectivity index (χ4v) is 2.20. The van der Waals surface area contributed by atoms with Crippen LogP contribution in [-0.4, -0.2) is 41.4 Å². The van der Waals surface area contributed by atoms with Crippen LogP contribution in [-0.2, 0) is 4.79 Å². The molecular formula is C11H22N2O3. The van der Waals surface area contributed by atoms with Crippen LogP contribution in [0.4, 0.5) is 0 Å². The second-order valence-electron chi connectivity index (χ2n) is 4.62. The maximum Gasteiger partial charge on any atom is 0.247 e. The van der Waals surface area contributed by atoms with Crippen LogP contribution in [0.25, 0.3) is 0 Å². The van der Waals surface area contributed by atoms with Gasteiger partial charge in [0.1, 0.15) is 6.10 Å². The highest BCUT2D eigenvalue weighted by Gasteiger charge is 2.19. The SMILES string of the molecule is NC(=O)C(O)CNCC(O)CC1CCCC1. The minimum atomic E-state index is -1.17. The van der Waals surface area contributed by atoms with Gasteiger partial charge in [-0.25, -0.2) is 0 Å². The van der Waals surface area contributed by atoms with Crippen LogP contribution in [0.2, 0.25) is 0 Å². The normalized spacial score (nSPS) is 20.9. The second kappa shape index (κ2) is 6.83. The molecule has 1 saturated carbocycles. The van der Waals surface area contributed by atoms with Crippen molar-refractivity contribution < 1.29 is 15.0 Å². The van der Waals surface area contributed by atoms with Gasteiger partial charge in [-0.3, -0.25) is 4.79 Å². The Bertz CT molecular complexity index is 217. The summed E-state index contributed by atoms with van der Waals surface area (Å²) in [5, 5.41) is 21.6. The van der Waals surface area contributed by atoms with Gasteiger partial charge < -0.3 is 21.3 Å². The number of aliphatic hydroxyl groups is 2. The Balaban J connectivity index is 2.05. The largest absolute Gasteiger partial charge is 0.392 e. The van der Waals surface area contributed by atoms with Gasteiger partial charge in [-0.15, -0.1) is 0 Å². The van der Waals surface area contributed by atoms with Crippen molar-refractivity contribution in [1.29, 1.82) is 0 Å². The quantitative estimate of drug-likeness (QED) is 0.468. The molecule has 0 aliphatic heterocycles. The van der Waals surface area contributed by atoms with Crippen molar-refractivity contribution in [3.05, 3.63) is 0 Å². The summed E-state index contributed by atoms with van der Waals surface area (Å²) in [6.45, 7) is 0.512. The Kier molecular flexibility index (Phi) is 5.73. The number of carbonyl (C=O) groups excluding carboxylic acids is 1. The molecule has 1 aliphatic rings. The molecule has 5 nitrogen and oxygen atoms in total. The van der Waals surface area contributed by atoms with Gasteiger partial charge >= 0.3 is 0 Å². The minimum absolute atomic E-state index is 0.108. The van der Waals surface area contributed by atoms with Crippen molar-refractivity contribution in [2.75, 3.05) is 13.1 Å². The predicted molar refractivity (Wildman–Crippen MR) is 60.7 cm³/mol. The Morgan fingerprint density at radius 1 is 1.31 bits per heavy atom. The Hall–Kier alpha value is -0.650. The summed E-state index contributed by atoms with van der Waals surface area (Å²) in [5.74, 6) is -0.101. The highest BCUT2D eigenvalue weighted by molar-refractivity contribution is 5.78. The van der Waals surface area contributed by atoms with Crippen LogP contribution in [0.5, 0.6) is 0 Å². The first kappa shape index (κ1) is 13.4. The van der Waals surface area contributed by atoms with E-state index in [9.17, 15) is 9.90 Å². The molecule has 0 spiro atoms. The van der Waals surface area contributed by atoms with E-state index >= 15 is 0 Å². The lowest BCUT2D eigenvalue weighted by molar-refractivity contribution is -0.125. The third-order valence-corrected chi connectivity index (χ3v) is 3.13. The van der Waals surface area contributed by atoms with E-state index in [2.05, 4.69) is 5.32 Å². The summed E-state index contributed by atoms with van der Waals surface area (Å²) >= 11 is 0. The van der Waals surface area contributed by atoms with Gasteiger partial charge in [0.2, 0.25) is 5.91 Å². The molecular weight excluding hydrogens is 208 g/mol. The fourth-order valence-electron chi connectivity index (χ4n) is 2.20. The van der Waals surface area contributed by atoms with Gasteiger partial charge in [0.05, 0.1) is 6.10 Å². The minimum Gasteiger partial charge on any atom is -0.392 e. The molecule has 1 rings (SSSR count). The number of carbonyl (C=O) groups is 1. The number of amides is 1. The molecule has 0 bridgehead atoms. The van der Waals surface area contributed by atoms with Crippen LogP contribution in [0.15, 0.2) is 0 Å². The number of rotatable bonds is 7. The first-order chi connectivity index (χ1) is 7.59. The van der Waals surface area contributed by atoms with E-state index in [-0.39, 0.29) is 6.54 Å². The van der Waals surface area contributed by atoms with Crippen LogP contribution in [0.1, 0.15) is 32.1 Å². The molecule has 0 aromatic heterocycles. The summed E-state index contributed by atoms with van der Waals surface area (Å²) in [4.78, 5) is 10.5. The molecule has 0 aromatic carbocycles. The average molecular weight is 230 g/mol. The number of hydrogen-bond acceptors (Lipinski definition) is 4. The number of hydrogen-bond donors (Lipinski definition) is 4. The van der Waals surface area contributed by atoms with Crippen molar-refractivity contribution in [2.45, 2.75) is 44.3 Å². The molecule has 2 unspecified atom stereocenters. The van der Waals surface area contributed by atoms with Crippen molar-refractivity contribution >= 4 is 5.91 Å². The van der Waals surface area contributed by atoms with Crippen LogP contribution < -0.4 is 11.1 Å². The van der Waals surface area contributed by atoms with E-state index < -0.39 is 18.1 Å². The van der Waals surface area contributed by atoms with Gasteiger partial charge in [0, 0.05) is 13.1 Å². The zero-order valence-corrected chi connectivity index (χ0v) is 9.56. The van der Waals surface area contributed by atoms with Crippen molar-refractivity contribution in [3.8, 4) is 0 Å². The van der Waals surface area contributed by atoms with E-state index in [1.807, 2.05) is 0 Å². The second-order valence-corrected chi connectivity index (χ2v) is 4.62. The zero-order valence-electron chi connectivity index (χ0n) is 9.56. The lowest BCUT2D eigenvalue weighted by atomic mass is 10.00. The molecule has 0 saturated heterocycles. The van der Waals surface area contributed by atoms with E-state index in [1.165, 1.54) is 25.7 Å². The fraction of sp³-hybridized carbons (Fsp3) is 0.909. The standard InChI is InChI=1S/C11H22N2O3/c12-11(16)10(15)7-13-6-9(14)5-8-3-1-2-4-8/h8-10,13-15H,1-7H2,(H2,12,16). The smallest absolute Gasteiger partial charge is 0.247 e. The number of aliphatic hydroxyl groups excluding tert-OH is 2. The third kappa shape index (κ3) is 4.92. The molecule has 5 N–H and O–H groups in total. The average Bonchev–Trinajstić information content (AvgIpc) is 2.70. The van der Waals surface area contributed by atoms with E-state index in [1.54, 1.807) is 0 Å². The highest BCUT2D eigenvalue weighted by atomic mass is 16.3. The van der Waals surface area contributed by atoms with Gasteiger partial charge in [0.15, 0.2) is 0 Å². The first-order valence-corrected chi connectivity index (χ1v) is 5.95. The summed E-state index contributed by atoms with van der Waals surface area (Å²) < 4.78 is 0. The molecule has 0 radical (unpaired) electrons. The highest BCUT2D eigenvalue weighted by Crippen LogP contribution is 2.28. The first-order valence-electron chi connectivity index (χ1n) is 5.95. The van der Waals surface area contributed by atoms with Crippen molar-refractivity contribution in [2.24, 2.45) is 11.7 Å². The summed E-state index contributed by atoms with van der Waals surface area (Å²) in [6.07, 6.45) is 4.19. The number of nitrogens with one attached hydrogen (secondary N) is 1. The van der Waals surface area contributed by atoms with Crippen LogP contribution in [0.3, 0.4) is 0 Å². The summed E-state index contributed by atoms with van der Waals surface area (Å²) in [6, 6.07) is 0. The van der Waals surface area contributed by atoms with Crippen LogP contribution in [0, 0.1) is 5.92 Å². The molecule has 0 aromatic rings. The number of nitrogens with two attached hydrogens (primary N) is 1. The Morgan fingerprint density at radius 3 is 2.50 bits per heavy atom. The van der Waals surface area contributed by atoms with Crippen LogP contribution >= 0.6 is 0 Å². The van der Waals surface area contributed by atoms with Gasteiger partial charge in [-0.1, -0.05) is 25.7 Å². The summed E-state index contributed by atoms with van der Waals surface area (Å²) in [7, 11) is 0. The predicted octanol–water partition coefficient (Wildman–Crippen LogP) is -0.637.